The van der Waals surface area contributed by atoms with Crippen molar-refractivity contribution in [3.63, 3.8) is 0 Å². The third kappa shape index (κ3) is 2.45. The van der Waals surface area contributed by atoms with E-state index in [9.17, 15) is 4.79 Å². The van der Waals surface area contributed by atoms with Gasteiger partial charge < -0.3 is 4.74 Å². The van der Waals surface area contributed by atoms with Gasteiger partial charge in [0, 0.05) is 16.2 Å². The molecular formula is C13H13ClO2. The predicted molar refractivity (Wildman–Crippen MR) is 63.8 cm³/mol. The van der Waals surface area contributed by atoms with Crippen molar-refractivity contribution in [2.75, 3.05) is 6.61 Å². The lowest BCUT2D eigenvalue weighted by atomic mass is 9.98. The Morgan fingerprint density at radius 1 is 1.38 bits per heavy atom. The lowest BCUT2D eigenvalue weighted by molar-refractivity contribution is 0.101. The van der Waals surface area contributed by atoms with Crippen LogP contribution >= 0.6 is 11.6 Å². The van der Waals surface area contributed by atoms with Gasteiger partial charge in [-0.25, -0.2) is 0 Å². The first-order valence-electron chi connectivity index (χ1n) is 5.29. The van der Waals surface area contributed by atoms with Crippen LogP contribution in [-0.2, 0) is 4.74 Å². The highest BCUT2D eigenvalue weighted by atomic mass is 35.5. The van der Waals surface area contributed by atoms with Crippen LogP contribution in [-0.4, -0.2) is 12.4 Å². The van der Waals surface area contributed by atoms with E-state index in [-0.39, 0.29) is 5.78 Å². The SMILES string of the molecule is Cc1cc(Cl)cc(C(=O)C2=COCCC2)c1. The minimum atomic E-state index is 0.0188. The average molecular weight is 237 g/mol. The Kier molecular flexibility index (Phi) is 3.30. The molecule has 0 fully saturated rings. The molecule has 0 amide bonds. The van der Waals surface area contributed by atoms with Gasteiger partial charge in [-0.3, -0.25) is 4.79 Å². The summed E-state index contributed by atoms with van der Waals surface area (Å²) < 4.78 is 5.17. The van der Waals surface area contributed by atoms with E-state index >= 15 is 0 Å². The third-order valence-electron chi connectivity index (χ3n) is 2.53. The van der Waals surface area contributed by atoms with Crippen molar-refractivity contribution >= 4 is 17.4 Å². The van der Waals surface area contributed by atoms with Crippen LogP contribution in [0.15, 0.2) is 30.0 Å². The van der Waals surface area contributed by atoms with Crippen LogP contribution in [0.2, 0.25) is 5.02 Å². The van der Waals surface area contributed by atoms with Crippen molar-refractivity contribution < 1.29 is 9.53 Å². The number of benzene rings is 1. The number of halogens is 1. The summed E-state index contributed by atoms with van der Waals surface area (Å²) in [7, 11) is 0. The number of rotatable bonds is 2. The topological polar surface area (TPSA) is 26.3 Å². The van der Waals surface area contributed by atoms with Crippen LogP contribution in [0.1, 0.15) is 28.8 Å². The highest BCUT2D eigenvalue weighted by Crippen LogP contribution is 2.21. The summed E-state index contributed by atoms with van der Waals surface area (Å²) in [6, 6.07) is 5.39. The van der Waals surface area contributed by atoms with Gasteiger partial charge in [0.05, 0.1) is 12.9 Å². The molecule has 0 N–H and O–H groups in total. The van der Waals surface area contributed by atoms with Crippen molar-refractivity contribution in [3.05, 3.63) is 46.2 Å². The lowest BCUT2D eigenvalue weighted by Crippen LogP contribution is -2.09. The van der Waals surface area contributed by atoms with Crippen molar-refractivity contribution in [3.8, 4) is 0 Å². The molecule has 1 aliphatic rings. The molecule has 0 aliphatic carbocycles. The molecular weight excluding hydrogens is 224 g/mol. The summed E-state index contributed by atoms with van der Waals surface area (Å²) in [6.07, 6.45) is 3.25. The van der Waals surface area contributed by atoms with Gasteiger partial charge in [-0.1, -0.05) is 11.6 Å². The van der Waals surface area contributed by atoms with Gasteiger partial charge >= 0.3 is 0 Å². The molecule has 84 valence electrons. The number of aryl methyl sites for hydroxylation is 1. The molecule has 1 aromatic rings. The first-order chi connectivity index (χ1) is 7.66. The maximum absolute atomic E-state index is 12.1. The summed E-state index contributed by atoms with van der Waals surface area (Å²) in [5.74, 6) is 0.0188. The number of hydrogen-bond acceptors (Lipinski definition) is 2. The fourth-order valence-corrected chi connectivity index (χ4v) is 2.07. The second-order valence-electron chi connectivity index (χ2n) is 3.96. The molecule has 2 rings (SSSR count). The largest absolute Gasteiger partial charge is 0.501 e. The fourth-order valence-electron chi connectivity index (χ4n) is 1.78. The molecule has 0 saturated carbocycles. The minimum Gasteiger partial charge on any atom is -0.501 e. The zero-order chi connectivity index (χ0) is 11.5. The quantitative estimate of drug-likeness (QED) is 0.735. The van der Waals surface area contributed by atoms with Gasteiger partial charge in [-0.2, -0.15) is 0 Å². The van der Waals surface area contributed by atoms with Crippen LogP contribution in [0.4, 0.5) is 0 Å². The fraction of sp³-hybridized carbons (Fsp3) is 0.308. The standard InChI is InChI=1S/C13H13ClO2/c1-9-5-11(7-12(14)6-9)13(15)10-3-2-4-16-8-10/h5-8H,2-4H2,1H3. The molecule has 0 aromatic heterocycles. The number of carbonyl (C=O) groups is 1. The summed E-state index contributed by atoms with van der Waals surface area (Å²) in [5, 5.41) is 0.598. The van der Waals surface area contributed by atoms with E-state index in [1.165, 1.54) is 0 Å². The van der Waals surface area contributed by atoms with E-state index in [4.69, 9.17) is 16.3 Å². The molecule has 0 spiro atoms. The maximum Gasteiger partial charge on any atom is 0.192 e. The highest BCUT2D eigenvalue weighted by molar-refractivity contribution is 6.31. The number of ether oxygens (including phenoxy) is 1. The Hall–Kier alpha value is -1.28. The molecule has 2 nitrogen and oxygen atoms in total. The zero-order valence-electron chi connectivity index (χ0n) is 9.13. The summed E-state index contributed by atoms with van der Waals surface area (Å²) in [6.45, 7) is 2.62. The number of carbonyl (C=O) groups excluding carboxylic acids is 1. The molecule has 0 radical (unpaired) electrons. The smallest absolute Gasteiger partial charge is 0.192 e. The normalized spacial score (nSPS) is 15.2. The lowest BCUT2D eigenvalue weighted by Gasteiger charge is -2.13. The molecule has 0 saturated heterocycles. The second kappa shape index (κ2) is 4.71. The van der Waals surface area contributed by atoms with Gasteiger partial charge in [0.1, 0.15) is 0 Å². The van der Waals surface area contributed by atoms with Crippen LogP contribution < -0.4 is 0 Å². The van der Waals surface area contributed by atoms with Crippen molar-refractivity contribution in [1.29, 1.82) is 0 Å². The molecule has 1 aromatic carbocycles. The molecule has 0 unspecified atom stereocenters. The second-order valence-corrected chi connectivity index (χ2v) is 4.40. The Balaban J connectivity index is 2.29. The number of allylic oxidation sites excluding steroid dienone is 1. The van der Waals surface area contributed by atoms with Crippen LogP contribution in [0.5, 0.6) is 0 Å². The Morgan fingerprint density at radius 2 is 2.19 bits per heavy atom. The molecule has 1 heterocycles. The summed E-state index contributed by atoms with van der Waals surface area (Å²) >= 11 is 5.93. The van der Waals surface area contributed by atoms with Crippen molar-refractivity contribution in [2.45, 2.75) is 19.8 Å². The van der Waals surface area contributed by atoms with E-state index in [0.717, 1.165) is 24.0 Å². The molecule has 0 bridgehead atoms. The van der Waals surface area contributed by atoms with Gasteiger partial charge in [0.15, 0.2) is 5.78 Å². The molecule has 3 heteroatoms. The predicted octanol–water partition coefficient (Wildman–Crippen LogP) is 3.53. The van der Waals surface area contributed by atoms with E-state index in [1.807, 2.05) is 19.1 Å². The van der Waals surface area contributed by atoms with E-state index in [1.54, 1.807) is 12.3 Å². The first kappa shape index (κ1) is 11.2. The molecule has 16 heavy (non-hydrogen) atoms. The monoisotopic (exact) mass is 236 g/mol. The summed E-state index contributed by atoms with van der Waals surface area (Å²) in [4.78, 5) is 12.1. The Labute approximate surface area is 99.9 Å². The number of hydrogen-bond donors (Lipinski definition) is 0. The Morgan fingerprint density at radius 3 is 2.81 bits per heavy atom. The third-order valence-corrected chi connectivity index (χ3v) is 2.75. The highest BCUT2D eigenvalue weighted by Gasteiger charge is 2.15. The Bertz CT molecular complexity index is 429. The summed E-state index contributed by atoms with van der Waals surface area (Å²) in [5.41, 5.74) is 2.36. The number of ketones is 1. The molecule has 1 aliphatic heterocycles. The van der Waals surface area contributed by atoms with Crippen LogP contribution in [0.3, 0.4) is 0 Å². The zero-order valence-corrected chi connectivity index (χ0v) is 9.88. The maximum atomic E-state index is 12.1. The van der Waals surface area contributed by atoms with Crippen LogP contribution in [0.25, 0.3) is 0 Å². The van der Waals surface area contributed by atoms with Crippen LogP contribution in [0, 0.1) is 6.92 Å². The minimum absolute atomic E-state index is 0.0188. The number of Topliss-reactive ketones (excluding diaryl/α,β-unsaturated/α-hetero) is 1. The van der Waals surface area contributed by atoms with Gasteiger partial charge in [0.2, 0.25) is 0 Å². The van der Waals surface area contributed by atoms with Crippen molar-refractivity contribution in [2.24, 2.45) is 0 Å². The van der Waals surface area contributed by atoms with Gasteiger partial charge in [-0.05, 0) is 43.5 Å². The first-order valence-corrected chi connectivity index (χ1v) is 5.67. The van der Waals surface area contributed by atoms with Gasteiger partial charge in [0.25, 0.3) is 0 Å². The van der Waals surface area contributed by atoms with Gasteiger partial charge in [-0.15, -0.1) is 0 Å². The average Bonchev–Trinajstić information content (AvgIpc) is 2.28. The van der Waals surface area contributed by atoms with Crippen molar-refractivity contribution in [1.82, 2.24) is 0 Å². The van der Waals surface area contributed by atoms with E-state index < -0.39 is 0 Å². The van der Waals surface area contributed by atoms with E-state index in [2.05, 4.69) is 0 Å². The molecule has 0 atom stereocenters. The van der Waals surface area contributed by atoms with E-state index in [0.29, 0.717) is 17.2 Å².